The van der Waals surface area contributed by atoms with E-state index >= 15 is 0 Å². The number of halogens is 2. The third-order valence-electron chi connectivity index (χ3n) is 2.98. The lowest BCUT2D eigenvalue weighted by atomic mass is 10.1. The average Bonchev–Trinajstić information content (AvgIpc) is 2.37. The van der Waals surface area contributed by atoms with E-state index in [0.717, 1.165) is 0 Å². The van der Waals surface area contributed by atoms with Crippen molar-refractivity contribution in [3.63, 3.8) is 0 Å². The molecule has 0 aliphatic heterocycles. The van der Waals surface area contributed by atoms with Gasteiger partial charge in [0.1, 0.15) is 0 Å². The summed E-state index contributed by atoms with van der Waals surface area (Å²) in [5.41, 5.74) is 0.920. The molecular weight excluding hydrogens is 382 g/mol. The molecule has 0 bridgehead atoms. The van der Waals surface area contributed by atoms with Crippen LogP contribution in [0.5, 0.6) is 0 Å². The van der Waals surface area contributed by atoms with Gasteiger partial charge in [-0.25, -0.2) is 8.42 Å². The summed E-state index contributed by atoms with van der Waals surface area (Å²) in [6.07, 6.45) is 0.663. The van der Waals surface area contributed by atoms with E-state index in [9.17, 15) is 13.2 Å². The molecule has 0 fully saturated rings. The van der Waals surface area contributed by atoms with Gasteiger partial charge in [-0.15, -0.1) is 0 Å². The van der Waals surface area contributed by atoms with Crippen LogP contribution in [0.25, 0.3) is 0 Å². The lowest BCUT2D eigenvalue weighted by Gasteiger charge is -2.15. The Morgan fingerprint density at radius 3 is 2.62 bits per heavy atom. The van der Waals surface area contributed by atoms with Crippen molar-refractivity contribution in [2.75, 3.05) is 13.7 Å². The van der Waals surface area contributed by atoms with Crippen molar-refractivity contribution in [2.24, 2.45) is 0 Å². The Bertz CT molecular complexity index is 633. The summed E-state index contributed by atoms with van der Waals surface area (Å²) in [5.74, 6) is -0.348. The second kappa shape index (κ2) is 7.58. The number of carbonyl (C=O) groups excluding carboxylic acids is 1. The van der Waals surface area contributed by atoms with Crippen LogP contribution in [0.2, 0.25) is 0 Å². The molecule has 0 saturated carbocycles. The SMILES string of the molecule is COCCC(C)NC(=O)c1cc(S(=O)(=O)Cl)cc(Br)c1C. The Kier molecular flexibility index (Phi) is 6.65. The summed E-state index contributed by atoms with van der Waals surface area (Å²) in [6.45, 7) is 4.10. The molecule has 1 amide bonds. The molecule has 1 aromatic rings. The predicted octanol–water partition coefficient (Wildman–Crippen LogP) is 2.84. The van der Waals surface area contributed by atoms with Crippen molar-refractivity contribution in [3.05, 3.63) is 27.7 Å². The van der Waals surface area contributed by atoms with Crippen molar-refractivity contribution < 1.29 is 17.9 Å². The Balaban J connectivity index is 3.06. The first-order valence-electron chi connectivity index (χ1n) is 6.21. The third kappa shape index (κ3) is 5.25. The predicted molar refractivity (Wildman–Crippen MR) is 85.3 cm³/mol. The Morgan fingerprint density at radius 1 is 1.48 bits per heavy atom. The molecule has 1 rings (SSSR count). The summed E-state index contributed by atoms with van der Waals surface area (Å²) < 4.78 is 28.3. The standard InChI is InChI=1S/C13H17BrClNO4S/c1-8(4-5-20-3)16-13(17)11-6-10(21(15,18)19)7-12(14)9(11)2/h6-8H,4-5H2,1-3H3,(H,16,17). The van der Waals surface area contributed by atoms with E-state index in [0.29, 0.717) is 23.1 Å². The first-order valence-corrected chi connectivity index (χ1v) is 9.31. The Hall–Kier alpha value is -0.630. The highest BCUT2D eigenvalue weighted by molar-refractivity contribution is 9.10. The highest BCUT2D eigenvalue weighted by Crippen LogP contribution is 2.26. The summed E-state index contributed by atoms with van der Waals surface area (Å²) >= 11 is 3.24. The van der Waals surface area contributed by atoms with E-state index in [1.165, 1.54) is 12.1 Å². The van der Waals surface area contributed by atoms with Gasteiger partial charge in [0.25, 0.3) is 15.0 Å². The minimum Gasteiger partial charge on any atom is -0.385 e. The molecule has 0 spiro atoms. The number of methoxy groups -OCH3 is 1. The van der Waals surface area contributed by atoms with E-state index in [2.05, 4.69) is 21.2 Å². The molecule has 5 nitrogen and oxygen atoms in total. The molecule has 1 aromatic carbocycles. The van der Waals surface area contributed by atoms with Crippen molar-refractivity contribution >= 4 is 41.6 Å². The number of rotatable bonds is 6. The van der Waals surface area contributed by atoms with Gasteiger partial charge in [-0.1, -0.05) is 15.9 Å². The third-order valence-corrected chi connectivity index (χ3v) is 5.13. The minimum absolute atomic E-state index is 0.0908. The zero-order chi connectivity index (χ0) is 16.2. The number of benzene rings is 1. The number of ether oxygens (including phenoxy) is 1. The van der Waals surface area contributed by atoms with Gasteiger partial charge in [-0.2, -0.15) is 0 Å². The molecule has 0 aromatic heterocycles. The second-order valence-electron chi connectivity index (χ2n) is 4.67. The topological polar surface area (TPSA) is 72.5 Å². The van der Waals surface area contributed by atoms with Crippen LogP contribution in [0.3, 0.4) is 0 Å². The van der Waals surface area contributed by atoms with Crippen molar-refractivity contribution in [1.82, 2.24) is 5.32 Å². The molecular formula is C13H17BrClNO4S. The van der Waals surface area contributed by atoms with Gasteiger partial charge in [-0.3, -0.25) is 4.79 Å². The van der Waals surface area contributed by atoms with Gasteiger partial charge in [0, 0.05) is 40.5 Å². The van der Waals surface area contributed by atoms with Crippen LogP contribution in [-0.2, 0) is 13.8 Å². The fraction of sp³-hybridized carbons (Fsp3) is 0.462. The highest BCUT2D eigenvalue weighted by atomic mass is 79.9. The van der Waals surface area contributed by atoms with Gasteiger partial charge in [0.05, 0.1) is 4.90 Å². The van der Waals surface area contributed by atoms with Crippen molar-refractivity contribution in [3.8, 4) is 0 Å². The maximum atomic E-state index is 12.3. The first kappa shape index (κ1) is 18.4. The number of amides is 1. The van der Waals surface area contributed by atoms with Crippen LogP contribution in [0.4, 0.5) is 0 Å². The van der Waals surface area contributed by atoms with Crippen LogP contribution in [0.1, 0.15) is 29.3 Å². The molecule has 0 saturated heterocycles. The van der Waals surface area contributed by atoms with Gasteiger partial charge in [0.2, 0.25) is 0 Å². The van der Waals surface area contributed by atoms with Gasteiger partial charge in [-0.05, 0) is 38.0 Å². The molecule has 1 unspecified atom stereocenters. The lowest BCUT2D eigenvalue weighted by Crippen LogP contribution is -2.33. The molecule has 0 radical (unpaired) electrons. The summed E-state index contributed by atoms with van der Waals surface area (Å²) in [4.78, 5) is 12.1. The van der Waals surface area contributed by atoms with E-state index in [4.69, 9.17) is 15.4 Å². The van der Waals surface area contributed by atoms with Crippen LogP contribution >= 0.6 is 26.6 Å². The largest absolute Gasteiger partial charge is 0.385 e. The molecule has 1 atom stereocenters. The monoisotopic (exact) mass is 397 g/mol. The Labute approximate surface area is 137 Å². The number of nitrogens with one attached hydrogen (secondary N) is 1. The fourth-order valence-corrected chi connectivity index (χ4v) is 3.10. The first-order chi connectivity index (χ1) is 9.66. The highest BCUT2D eigenvalue weighted by Gasteiger charge is 2.19. The lowest BCUT2D eigenvalue weighted by molar-refractivity contribution is 0.0928. The van der Waals surface area contributed by atoms with E-state index in [-0.39, 0.29) is 22.4 Å². The number of carbonyl (C=O) groups is 1. The van der Waals surface area contributed by atoms with Crippen LogP contribution < -0.4 is 5.32 Å². The summed E-state index contributed by atoms with van der Waals surface area (Å²) in [7, 11) is 3.03. The van der Waals surface area contributed by atoms with Crippen molar-refractivity contribution in [2.45, 2.75) is 31.2 Å². The molecule has 0 heterocycles. The van der Waals surface area contributed by atoms with E-state index in [1.54, 1.807) is 14.0 Å². The average molecular weight is 399 g/mol. The zero-order valence-corrected chi connectivity index (χ0v) is 15.1. The Morgan fingerprint density at radius 2 is 2.10 bits per heavy atom. The maximum absolute atomic E-state index is 12.3. The molecule has 21 heavy (non-hydrogen) atoms. The smallest absolute Gasteiger partial charge is 0.261 e. The normalized spacial score (nSPS) is 13.0. The van der Waals surface area contributed by atoms with Gasteiger partial charge >= 0.3 is 0 Å². The molecule has 118 valence electrons. The fourth-order valence-electron chi connectivity index (χ4n) is 1.70. The van der Waals surface area contributed by atoms with Crippen LogP contribution in [0, 0.1) is 6.92 Å². The number of hydrogen-bond donors (Lipinski definition) is 1. The van der Waals surface area contributed by atoms with Crippen LogP contribution in [0.15, 0.2) is 21.5 Å². The second-order valence-corrected chi connectivity index (χ2v) is 8.09. The molecule has 8 heteroatoms. The van der Waals surface area contributed by atoms with Gasteiger partial charge in [0.15, 0.2) is 0 Å². The quantitative estimate of drug-likeness (QED) is 0.748. The van der Waals surface area contributed by atoms with Crippen LogP contribution in [-0.4, -0.2) is 34.1 Å². The molecule has 0 aliphatic carbocycles. The summed E-state index contributed by atoms with van der Waals surface area (Å²) in [5, 5.41) is 2.80. The molecule has 0 aliphatic rings. The maximum Gasteiger partial charge on any atom is 0.261 e. The summed E-state index contributed by atoms with van der Waals surface area (Å²) in [6, 6.07) is 2.57. The van der Waals surface area contributed by atoms with E-state index in [1.807, 2.05) is 6.92 Å². The minimum atomic E-state index is -3.90. The van der Waals surface area contributed by atoms with Crippen molar-refractivity contribution in [1.29, 1.82) is 0 Å². The van der Waals surface area contributed by atoms with Gasteiger partial charge < -0.3 is 10.1 Å². The number of hydrogen-bond acceptors (Lipinski definition) is 4. The molecule has 1 N–H and O–H groups in total. The zero-order valence-electron chi connectivity index (χ0n) is 11.9. The van der Waals surface area contributed by atoms with E-state index < -0.39 is 9.05 Å².